The molecule has 1 heterocycles. The van der Waals surface area contributed by atoms with Gasteiger partial charge in [0.1, 0.15) is 0 Å². The molecule has 25 heavy (non-hydrogen) atoms. The van der Waals surface area contributed by atoms with E-state index in [-0.39, 0.29) is 18.5 Å². The van der Waals surface area contributed by atoms with Crippen LogP contribution in [0.3, 0.4) is 0 Å². The van der Waals surface area contributed by atoms with Crippen LogP contribution in [0.5, 0.6) is 0 Å². The molecule has 0 aliphatic carbocycles. The van der Waals surface area contributed by atoms with Crippen LogP contribution in [-0.2, 0) is 16.1 Å². The quantitative estimate of drug-likeness (QED) is 0.444. The van der Waals surface area contributed by atoms with Crippen molar-refractivity contribution in [2.75, 3.05) is 5.75 Å². The summed E-state index contributed by atoms with van der Waals surface area (Å²) in [5.74, 6) is 1.05. The summed E-state index contributed by atoms with van der Waals surface area (Å²) in [6, 6.07) is 17.0. The number of nitrogens with zero attached hydrogens (tertiary/aromatic N) is 2. The smallest absolute Gasteiger partial charge is 0.307 e. The van der Waals surface area contributed by atoms with Crippen LogP contribution in [0.4, 0.5) is 0 Å². The number of aromatic nitrogens is 2. The highest BCUT2D eigenvalue weighted by atomic mass is 35.5. The van der Waals surface area contributed by atoms with Gasteiger partial charge in [0.25, 0.3) is 5.89 Å². The van der Waals surface area contributed by atoms with Gasteiger partial charge < -0.3 is 9.26 Å². The number of carbonyl (C=O) groups is 1. The molecule has 3 aromatic rings. The lowest BCUT2D eigenvalue weighted by atomic mass is 10.2. The number of carbonyl (C=O) groups excluding carboxylic acids is 1. The predicted molar refractivity (Wildman–Crippen MR) is 96.3 cm³/mol. The van der Waals surface area contributed by atoms with Crippen LogP contribution in [0, 0.1) is 0 Å². The van der Waals surface area contributed by atoms with E-state index in [1.807, 2.05) is 30.3 Å². The van der Waals surface area contributed by atoms with Gasteiger partial charge >= 0.3 is 5.97 Å². The van der Waals surface area contributed by atoms with Gasteiger partial charge in [-0.1, -0.05) is 35.0 Å². The molecule has 0 fully saturated rings. The molecule has 128 valence electrons. The molecule has 0 amide bonds. The molecule has 0 bridgehead atoms. The second-order valence-electron chi connectivity index (χ2n) is 5.09. The van der Waals surface area contributed by atoms with Crippen molar-refractivity contribution in [3.05, 3.63) is 65.5 Å². The van der Waals surface area contributed by atoms with E-state index in [1.165, 1.54) is 0 Å². The fraction of sp³-hybridized carbons (Fsp3) is 0.167. The van der Waals surface area contributed by atoms with E-state index >= 15 is 0 Å². The maximum Gasteiger partial charge on any atom is 0.307 e. The first-order chi connectivity index (χ1) is 12.2. The second-order valence-corrected chi connectivity index (χ2v) is 6.70. The molecule has 1 aromatic heterocycles. The topological polar surface area (TPSA) is 65.2 Å². The maximum atomic E-state index is 11.8. The number of hydrogen-bond acceptors (Lipinski definition) is 6. The summed E-state index contributed by atoms with van der Waals surface area (Å²) in [7, 11) is 0. The fourth-order valence-corrected chi connectivity index (χ4v) is 2.99. The standard InChI is InChI=1S/C18H15ClN2O3S/c19-14-8-6-13(7-9-14)18-20-16(24-21-18)12-23-17(22)10-11-25-15-4-2-1-3-5-15/h1-9H,10-12H2. The number of halogens is 1. The first-order valence-corrected chi connectivity index (χ1v) is 8.99. The minimum Gasteiger partial charge on any atom is -0.456 e. The van der Waals surface area contributed by atoms with Crippen molar-refractivity contribution >= 4 is 29.3 Å². The molecule has 3 rings (SSSR count). The summed E-state index contributed by atoms with van der Waals surface area (Å²) in [4.78, 5) is 17.1. The highest BCUT2D eigenvalue weighted by molar-refractivity contribution is 7.99. The molecule has 0 aliphatic rings. The third-order valence-corrected chi connectivity index (χ3v) is 4.51. The Morgan fingerprint density at radius 2 is 1.88 bits per heavy atom. The summed E-state index contributed by atoms with van der Waals surface area (Å²) in [6.45, 7) is -0.0323. The van der Waals surface area contributed by atoms with Crippen LogP contribution in [0.1, 0.15) is 12.3 Å². The second kappa shape index (κ2) is 8.69. The average molecular weight is 375 g/mol. The Morgan fingerprint density at radius 1 is 1.12 bits per heavy atom. The summed E-state index contributed by atoms with van der Waals surface area (Å²) in [6.07, 6.45) is 0.317. The Kier molecular flexibility index (Phi) is 6.09. The highest BCUT2D eigenvalue weighted by Gasteiger charge is 2.11. The van der Waals surface area contributed by atoms with E-state index in [2.05, 4.69) is 10.1 Å². The van der Waals surface area contributed by atoms with Gasteiger partial charge in [0, 0.05) is 21.2 Å². The van der Waals surface area contributed by atoms with Crippen LogP contribution < -0.4 is 0 Å². The van der Waals surface area contributed by atoms with Crippen LogP contribution in [0.15, 0.2) is 64.0 Å². The van der Waals surface area contributed by atoms with E-state index in [9.17, 15) is 4.79 Å². The zero-order valence-corrected chi connectivity index (χ0v) is 14.8. The molecule has 0 saturated carbocycles. The Hall–Kier alpha value is -2.31. The summed E-state index contributed by atoms with van der Waals surface area (Å²) in [5, 5.41) is 4.51. The lowest BCUT2D eigenvalue weighted by Crippen LogP contribution is -2.05. The molecule has 0 aliphatic heterocycles. The molecule has 0 radical (unpaired) electrons. The molecule has 5 nitrogen and oxygen atoms in total. The van der Waals surface area contributed by atoms with Gasteiger partial charge in [-0.05, 0) is 36.4 Å². The number of thioether (sulfide) groups is 1. The van der Waals surface area contributed by atoms with Gasteiger partial charge in [0.2, 0.25) is 5.82 Å². The maximum absolute atomic E-state index is 11.8. The van der Waals surface area contributed by atoms with Crippen molar-refractivity contribution in [2.45, 2.75) is 17.9 Å². The van der Waals surface area contributed by atoms with Crippen molar-refractivity contribution < 1.29 is 14.1 Å². The van der Waals surface area contributed by atoms with E-state index in [1.54, 1.807) is 36.0 Å². The average Bonchev–Trinajstić information content (AvgIpc) is 3.10. The van der Waals surface area contributed by atoms with Crippen molar-refractivity contribution in [2.24, 2.45) is 0 Å². The van der Waals surface area contributed by atoms with Crippen molar-refractivity contribution in [1.29, 1.82) is 0 Å². The number of rotatable bonds is 7. The number of esters is 1. The molecule has 0 saturated heterocycles. The first-order valence-electron chi connectivity index (χ1n) is 7.63. The highest BCUT2D eigenvalue weighted by Crippen LogP contribution is 2.20. The van der Waals surface area contributed by atoms with Crippen LogP contribution >= 0.6 is 23.4 Å². The predicted octanol–water partition coefficient (Wildman–Crippen LogP) is 4.62. The zero-order valence-electron chi connectivity index (χ0n) is 13.2. The zero-order chi connectivity index (χ0) is 17.5. The molecule has 7 heteroatoms. The van der Waals surface area contributed by atoms with Crippen molar-refractivity contribution in [1.82, 2.24) is 10.1 Å². The van der Waals surface area contributed by atoms with E-state index in [0.717, 1.165) is 10.5 Å². The van der Waals surface area contributed by atoms with Crippen LogP contribution in [0.2, 0.25) is 5.02 Å². The molecule has 0 atom stereocenters. The van der Waals surface area contributed by atoms with E-state index < -0.39 is 0 Å². The fourth-order valence-electron chi connectivity index (χ4n) is 2.01. The number of hydrogen-bond donors (Lipinski definition) is 0. The summed E-state index contributed by atoms with van der Waals surface area (Å²) < 4.78 is 10.3. The largest absolute Gasteiger partial charge is 0.456 e. The Bertz CT molecular complexity index is 822. The van der Waals surface area contributed by atoms with Gasteiger partial charge in [0.05, 0.1) is 6.42 Å². The van der Waals surface area contributed by atoms with Crippen LogP contribution in [0.25, 0.3) is 11.4 Å². The Labute approximate surface area is 154 Å². The molecule has 0 N–H and O–H groups in total. The minimum absolute atomic E-state index is 0.0323. The van der Waals surface area contributed by atoms with E-state index in [0.29, 0.717) is 23.0 Å². The third kappa shape index (κ3) is 5.34. The number of ether oxygens (including phenoxy) is 1. The molecule has 0 unspecified atom stereocenters. The SMILES string of the molecule is O=C(CCSc1ccccc1)OCc1nc(-c2ccc(Cl)cc2)no1. The van der Waals surface area contributed by atoms with Gasteiger partial charge in [-0.25, -0.2) is 0 Å². The van der Waals surface area contributed by atoms with E-state index in [4.69, 9.17) is 20.9 Å². The minimum atomic E-state index is -0.297. The molecule has 2 aromatic carbocycles. The monoisotopic (exact) mass is 374 g/mol. The summed E-state index contributed by atoms with van der Waals surface area (Å²) in [5.41, 5.74) is 0.782. The van der Waals surface area contributed by atoms with Gasteiger partial charge in [0.15, 0.2) is 6.61 Å². The number of benzene rings is 2. The third-order valence-electron chi connectivity index (χ3n) is 3.25. The lowest BCUT2D eigenvalue weighted by molar-refractivity contribution is -0.145. The van der Waals surface area contributed by atoms with Gasteiger partial charge in [-0.15, -0.1) is 11.8 Å². The van der Waals surface area contributed by atoms with Crippen LogP contribution in [-0.4, -0.2) is 21.9 Å². The molecule has 0 spiro atoms. The molecular weight excluding hydrogens is 360 g/mol. The van der Waals surface area contributed by atoms with Gasteiger partial charge in [-0.2, -0.15) is 4.98 Å². The normalized spacial score (nSPS) is 10.6. The van der Waals surface area contributed by atoms with Gasteiger partial charge in [-0.3, -0.25) is 4.79 Å². The Morgan fingerprint density at radius 3 is 2.64 bits per heavy atom. The van der Waals surface area contributed by atoms with Crippen molar-refractivity contribution in [3.63, 3.8) is 0 Å². The van der Waals surface area contributed by atoms with Crippen molar-refractivity contribution in [3.8, 4) is 11.4 Å². The Balaban J connectivity index is 1.44. The summed E-state index contributed by atoms with van der Waals surface area (Å²) >= 11 is 7.46. The first kappa shape index (κ1) is 17.5. The lowest BCUT2D eigenvalue weighted by Gasteiger charge is -2.02. The molecular formula is C18H15ClN2O3S.